The van der Waals surface area contributed by atoms with Crippen LogP contribution in [0.5, 0.6) is 0 Å². The molecule has 2 rings (SSSR count). The Labute approximate surface area is 105 Å². The minimum atomic E-state index is 0.425. The molecule has 0 aromatic rings. The second-order valence-electron chi connectivity index (χ2n) is 5.97. The molecule has 0 amide bonds. The molecule has 0 bridgehead atoms. The molecule has 0 radical (unpaired) electrons. The van der Waals surface area contributed by atoms with Crippen molar-refractivity contribution in [3.63, 3.8) is 0 Å². The third-order valence-corrected chi connectivity index (χ3v) is 4.78. The Morgan fingerprint density at radius 3 is 2.71 bits per heavy atom. The lowest BCUT2D eigenvalue weighted by molar-refractivity contribution is 0.0108. The van der Waals surface area contributed by atoms with Crippen LogP contribution < -0.4 is 11.1 Å². The van der Waals surface area contributed by atoms with Crippen molar-refractivity contribution in [2.75, 3.05) is 19.8 Å². The molecule has 17 heavy (non-hydrogen) atoms. The number of nitrogens with one attached hydrogen (secondary N) is 1. The van der Waals surface area contributed by atoms with Crippen LogP contribution in [0.15, 0.2) is 0 Å². The molecule has 0 aromatic heterocycles. The summed E-state index contributed by atoms with van der Waals surface area (Å²) in [6.45, 7) is 5.36. The molecule has 1 aliphatic heterocycles. The first kappa shape index (κ1) is 13.3. The van der Waals surface area contributed by atoms with Gasteiger partial charge >= 0.3 is 0 Å². The maximum Gasteiger partial charge on any atom is 0.0471 e. The van der Waals surface area contributed by atoms with Crippen molar-refractivity contribution in [3.8, 4) is 0 Å². The first-order chi connectivity index (χ1) is 8.24. The SMILES string of the molecule is CCC1(CNC2CCCC(N)C2)CCOCC1. The van der Waals surface area contributed by atoms with Crippen LogP contribution in [0.1, 0.15) is 51.9 Å². The van der Waals surface area contributed by atoms with Crippen molar-refractivity contribution < 1.29 is 4.74 Å². The number of rotatable bonds is 4. The molecular formula is C14H28N2O. The fourth-order valence-corrected chi connectivity index (χ4v) is 3.23. The Hall–Kier alpha value is -0.120. The van der Waals surface area contributed by atoms with Gasteiger partial charge in [0.1, 0.15) is 0 Å². The van der Waals surface area contributed by atoms with Gasteiger partial charge in [-0.1, -0.05) is 13.3 Å². The second kappa shape index (κ2) is 6.17. The van der Waals surface area contributed by atoms with Crippen LogP contribution in [0.3, 0.4) is 0 Å². The molecule has 100 valence electrons. The number of hydrogen-bond donors (Lipinski definition) is 2. The monoisotopic (exact) mass is 240 g/mol. The van der Waals surface area contributed by atoms with Crippen molar-refractivity contribution >= 4 is 0 Å². The fraction of sp³-hybridized carbons (Fsp3) is 1.00. The lowest BCUT2D eigenvalue weighted by Crippen LogP contribution is -2.46. The zero-order valence-electron chi connectivity index (χ0n) is 11.2. The predicted octanol–water partition coefficient (Wildman–Crippen LogP) is 2.05. The average molecular weight is 240 g/mol. The molecule has 0 aromatic carbocycles. The van der Waals surface area contributed by atoms with Crippen LogP contribution in [0, 0.1) is 5.41 Å². The van der Waals surface area contributed by atoms with Gasteiger partial charge in [0.05, 0.1) is 0 Å². The summed E-state index contributed by atoms with van der Waals surface area (Å²) < 4.78 is 5.49. The minimum Gasteiger partial charge on any atom is -0.381 e. The van der Waals surface area contributed by atoms with E-state index in [1.54, 1.807) is 0 Å². The smallest absolute Gasteiger partial charge is 0.0471 e. The molecule has 1 heterocycles. The Morgan fingerprint density at radius 2 is 2.06 bits per heavy atom. The lowest BCUT2D eigenvalue weighted by Gasteiger charge is -2.39. The predicted molar refractivity (Wildman–Crippen MR) is 71.0 cm³/mol. The molecule has 1 saturated heterocycles. The zero-order valence-corrected chi connectivity index (χ0v) is 11.2. The molecular weight excluding hydrogens is 212 g/mol. The summed E-state index contributed by atoms with van der Waals surface area (Å²) in [5.74, 6) is 0. The van der Waals surface area contributed by atoms with Crippen LogP contribution in [0.2, 0.25) is 0 Å². The zero-order chi connectivity index (χ0) is 12.1. The molecule has 3 nitrogen and oxygen atoms in total. The molecule has 3 N–H and O–H groups in total. The van der Waals surface area contributed by atoms with Crippen molar-refractivity contribution in [3.05, 3.63) is 0 Å². The van der Waals surface area contributed by atoms with Gasteiger partial charge in [-0.2, -0.15) is 0 Å². The van der Waals surface area contributed by atoms with E-state index in [-0.39, 0.29) is 0 Å². The van der Waals surface area contributed by atoms with E-state index in [1.807, 2.05) is 0 Å². The molecule has 0 spiro atoms. The summed E-state index contributed by atoms with van der Waals surface area (Å²) in [4.78, 5) is 0. The van der Waals surface area contributed by atoms with E-state index in [1.165, 1.54) is 38.5 Å². The van der Waals surface area contributed by atoms with Gasteiger partial charge in [-0.25, -0.2) is 0 Å². The van der Waals surface area contributed by atoms with E-state index in [4.69, 9.17) is 10.5 Å². The van der Waals surface area contributed by atoms with E-state index in [9.17, 15) is 0 Å². The maximum absolute atomic E-state index is 6.04. The van der Waals surface area contributed by atoms with Crippen molar-refractivity contribution in [2.45, 2.75) is 64.0 Å². The first-order valence-electron chi connectivity index (χ1n) is 7.31. The van der Waals surface area contributed by atoms with Gasteiger partial charge in [-0.05, 0) is 43.9 Å². The highest BCUT2D eigenvalue weighted by Crippen LogP contribution is 2.33. The summed E-state index contributed by atoms with van der Waals surface area (Å²) in [6.07, 6.45) is 8.68. The topological polar surface area (TPSA) is 47.3 Å². The summed E-state index contributed by atoms with van der Waals surface area (Å²) >= 11 is 0. The highest BCUT2D eigenvalue weighted by molar-refractivity contribution is 4.86. The Morgan fingerprint density at radius 1 is 1.29 bits per heavy atom. The summed E-state index contributed by atoms with van der Waals surface area (Å²) in [5, 5.41) is 3.78. The molecule has 2 atom stereocenters. The lowest BCUT2D eigenvalue weighted by atomic mass is 9.77. The highest BCUT2D eigenvalue weighted by Gasteiger charge is 2.31. The minimum absolute atomic E-state index is 0.425. The van der Waals surface area contributed by atoms with Gasteiger partial charge in [0.2, 0.25) is 0 Å². The van der Waals surface area contributed by atoms with Crippen molar-refractivity contribution in [1.82, 2.24) is 5.32 Å². The Balaban J connectivity index is 1.78. The number of ether oxygens (including phenoxy) is 1. The van der Waals surface area contributed by atoms with Crippen molar-refractivity contribution in [2.24, 2.45) is 11.1 Å². The average Bonchev–Trinajstić information content (AvgIpc) is 2.38. The molecule has 3 heteroatoms. The normalized spacial score (nSPS) is 33.5. The summed E-state index contributed by atoms with van der Waals surface area (Å²) in [5.41, 5.74) is 6.53. The maximum atomic E-state index is 6.04. The van der Waals surface area contributed by atoms with E-state index in [0.29, 0.717) is 17.5 Å². The van der Waals surface area contributed by atoms with E-state index < -0.39 is 0 Å². The van der Waals surface area contributed by atoms with Crippen LogP contribution in [-0.2, 0) is 4.74 Å². The fourth-order valence-electron chi connectivity index (χ4n) is 3.23. The van der Waals surface area contributed by atoms with E-state index in [0.717, 1.165) is 26.2 Å². The quantitative estimate of drug-likeness (QED) is 0.790. The van der Waals surface area contributed by atoms with Crippen LogP contribution in [0.4, 0.5) is 0 Å². The Kier molecular flexibility index (Phi) is 4.83. The molecule has 2 fully saturated rings. The Bertz CT molecular complexity index is 226. The third-order valence-electron chi connectivity index (χ3n) is 4.78. The van der Waals surface area contributed by atoms with Crippen LogP contribution in [-0.4, -0.2) is 31.8 Å². The van der Waals surface area contributed by atoms with Crippen molar-refractivity contribution in [1.29, 1.82) is 0 Å². The van der Waals surface area contributed by atoms with Crippen LogP contribution >= 0.6 is 0 Å². The molecule has 2 aliphatic rings. The van der Waals surface area contributed by atoms with E-state index >= 15 is 0 Å². The summed E-state index contributed by atoms with van der Waals surface area (Å²) in [6, 6.07) is 1.08. The van der Waals surface area contributed by atoms with Gasteiger partial charge < -0.3 is 15.8 Å². The second-order valence-corrected chi connectivity index (χ2v) is 5.97. The van der Waals surface area contributed by atoms with Crippen LogP contribution in [0.25, 0.3) is 0 Å². The standard InChI is InChI=1S/C14H28N2O/c1-2-14(6-8-17-9-7-14)11-16-13-5-3-4-12(15)10-13/h12-13,16H,2-11,15H2,1H3. The molecule has 1 aliphatic carbocycles. The van der Waals surface area contributed by atoms with Gasteiger partial charge in [-0.15, -0.1) is 0 Å². The largest absolute Gasteiger partial charge is 0.381 e. The van der Waals surface area contributed by atoms with Gasteiger partial charge in [0.15, 0.2) is 0 Å². The molecule has 1 saturated carbocycles. The van der Waals surface area contributed by atoms with E-state index in [2.05, 4.69) is 12.2 Å². The first-order valence-corrected chi connectivity index (χ1v) is 7.31. The summed E-state index contributed by atoms with van der Waals surface area (Å²) in [7, 11) is 0. The van der Waals surface area contributed by atoms with Gasteiger partial charge in [0, 0.05) is 31.8 Å². The highest BCUT2D eigenvalue weighted by atomic mass is 16.5. The van der Waals surface area contributed by atoms with Gasteiger partial charge in [-0.3, -0.25) is 0 Å². The van der Waals surface area contributed by atoms with Gasteiger partial charge in [0.25, 0.3) is 0 Å². The third kappa shape index (κ3) is 3.67. The number of hydrogen-bond acceptors (Lipinski definition) is 3. The molecule has 2 unspecified atom stereocenters. The number of nitrogens with two attached hydrogens (primary N) is 1.